The first-order chi connectivity index (χ1) is 9.52. The van der Waals surface area contributed by atoms with Crippen molar-refractivity contribution in [1.29, 1.82) is 0 Å². The Hall–Kier alpha value is -2.57. The second kappa shape index (κ2) is 5.60. The lowest BCUT2D eigenvalue weighted by molar-refractivity contribution is -0.384. The molecule has 1 heterocycles. The molecule has 0 spiro atoms. The summed E-state index contributed by atoms with van der Waals surface area (Å²) >= 11 is 0. The van der Waals surface area contributed by atoms with Crippen LogP contribution in [0.2, 0.25) is 0 Å². The van der Waals surface area contributed by atoms with E-state index in [9.17, 15) is 14.9 Å². The summed E-state index contributed by atoms with van der Waals surface area (Å²) in [5.74, 6) is 0.114. The van der Waals surface area contributed by atoms with Gasteiger partial charge >= 0.3 is 0 Å². The summed E-state index contributed by atoms with van der Waals surface area (Å²) in [6.45, 7) is 4.34. The van der Waals surface area contributed by atoms with Crippen molar-refractivity contribution in [3.63, 3.8) is 0 Å². The maximum atomic E-state index is 10.9. The van der Waals surface area contributed by atoms with Crippen molar-refractivity contribution in [2.24, 2.45) is 0 Å². The van der Waals surface area contributed by atoms with E-state index in [4.69, 9.17) is 0 Å². The summed E-state index contributed by atoms with van der Waals surface area (Å²) in [6.07, 6.45) is 0.689. The smallest absolute Gasteiger partial charge is 0.269 e. The molecule has 0 aliphatic carbocycles. The number of nitrogens with zero attached hydrogens (tertiary/aromatic N) is 4. The zero-order valence-corrected chi connectivity index (χ0v) is 11.2. The minimum atomic E-state index is -0.441. The fraction of sp³-hybridized carbons (Fsp3) is 0.308. The highest BCUT2D eigenvalue weighted by Gasteiger charge is 2.16. The van der Waals surface area contributed by atoms with E-state index in [1.54, 1.807) is 16.8 Å². The number of aldehydes is 1. The van der Waals surface area contributed by atoms with Crippen molar-refractivity contribution in [2.75, 3.05) is 0 Å². The van der Waals surface area contributed by atoms with Gasteiger partial charge in [0.2, 0.25) is 0 Å². The minimum Gasteiger partial charge on any atom is -0.296 e. The van der Waals surface area contributed by atoms with Crippen molar-refractivity contribution in [2.45, 2.75) is 26.3 Å². The Kier molecular flexibility index (Phi) is 3.88. The van der Waals surface area contributed by atoms with Crippen LogP contribution in [0.5, 0.6) is 0 Å². The lowest BCUT2D eigenvalue weighted by Gasteiger charge is -2.09. The quantitative estimate of drug-likeness (QED) is 0.473. The van der Waals surface area contributed by atoms with Gasteiger partial charge in [0.05, 0.1) is 17.2 Å². The number of nitro groups is 1. The van der Waals surface area contributed by atoms with E-state index in [2.05, 4.69) is 10.3 Å². The van der Waals surface area contributed by atoms with Crippen molar-refractivity contribution < 1.29 is 9.72 Å². The molecule has 0 unspecified atom stereocenters. The number of rotatable bonds is 5. The lowest BCUT2D eigenvalue weighted by Crippen LogP contribution is -2.08. The van der Waals surface area contributed by atoms with Gasteiger partial charge < -0.3 is 0 Å². The number of carbonyl (C=O) groups is 1. The van der Waals surface area contributed by atoms with Gasteiger partial charge in [0, 0.05) is 12.1 Å². The highest BCUT2D eigenvalue weighted by atomic mass is 16.6. The maximum absolute atomic E-state index is 10.9. The molecule has 0 aliphatic heterocycles. The molecule has 1 aromatic carbocycles. The fourth-order valence-corrected chi connectivity index (χ4v) is 2.02. The molecule has 1 aromatic heterocycles. The number of hydrogen-bond acceptors (Lipinski definition) is 5. The van der Waals surface area contributed by atoms with Crippen molar-refractivity contribution in [3.8, 4) is 0 Å². The molecule has 0 atom stereocenters. The number of non-ortho nitro benzene ring substituents is 1. The van der Waals surface area contributed by atoms with Gasteiger partial charge in [0.15, 0.2) is 6.29 Å². The minimum absolute atomic E-state index is 0.0463. The van der Waals surface area contributed by atoms with E-state index in [-0.39, 0.29) is 11.6 Å². The molecular weight excluding hydrogens is 260 g/mol. The zero-order valence-electron chi connectivity index (χ0n) is 11.2. The molecule has 0 amide bonds. The van der Waals surface area contributed by atoms with Crippen molar-refractivity contribution >= 4 is 12.0 Å². The molecule has 0 fully saturated rings. The number of benzene rings is 1. The van der Waals surface area contributed by atoms with Crippen LogP contribution in [0.25, 0.3) is 0 Å². The third-order valence-corrected chi connectivity index (χ3v) is 2.94. The van der Waals surface area contributed by atoms with Gasteiger partial charge in [-0.15, -0.1) is 5.10 Å². The van der Waals surface area contributed by atoms with Gasteiger partial charge in [-0.2, -0.15) is 0 Å². The Morgan fingerprint density at radius 3 is 2.50 bits per heavy atom. The van der Waals surface area contributed by atoms with Crippen molar-refractivity contribution in [3.05, 3.63) is 51.3 Å². The predicted molar refractivity (Wildman–Crippen MR) is 71.7 cm³/mol. The molecule has 2 rings (SSSR count). The van der Waals surface area contributed by atoms with Crippen molar-refractivity contribution in [1.82, 2.24) is 15.0 Å². The van der Waals surface area contributed by atoms with Crippen LogP contribution in [0, 0.1) is 10.1 Å². The first-order valence-corrected chi connectivity index (χ1v) is 6.14. The fourth-order valence-electron chi connectivity index (χ4n) is 2.02. The molecule has 104 valence electrons. The molecule has 0 radical (unpaired) electrons. The Morgan fingerprint density at radius 1 is 1.35 bits per heavy atom. The third kappa shape index (κ3) is 2.71. The summed E-state index contributed by atoms with van der Waals surface area (Å²) in [5, 5.41) is 18.4. The van der Waals surface area contributed by atoms with Crippen LogP contribution in [-0.2, 0) is 6.54 Å². The summed E-state index contributed by atoms with van der Waals surface area (Å²) in [7, 11) is 0. The van der Waals surface area contributed by atoms with Gasteiger partial charge in [-0.3, -0.25) is 14.9 Å². The lowest BCUT2D eigenvalue weighted by atomic mass is 10.1. The summed E-state index contributed by atoms with van der Waals surface area (Å²) in [6, 6.07) is 6.24. The monoisotopic (exact) mass is 274 g/mol. The van der Waals surface area contributed by atoms with Crippen LogP contribution in [-0.4, -0.2) is 26.2 Å². The topological polar surface area (TPSA) is 90.9 Å². The Balaban J connectivity index is 2.28. The van der Waals surface area contributed by atoms with Gasteiger partial charge in [-0.1, -0.05) is 31.2 Å². The number of carbonyl (C=O) groups excluding carboxylic acids is 1. The molecule has 0 N–H and O–H groups in total. The van der Waals surface area contributed by atoms with E-state index in [1.165, 1.54) is 12.1 Å². The van der Waals surface area contributed by atoms with E-state index in [1.807, 2.05) is 13.8 Å². The Labute approximate surface area is 115 Å². The molecular formula is C13H14N4O3. The first kappa shape index (κ1) is 13.9. The number of nitro benzene ring substituents is 1. The Bertz CT molecular complexity index is 632. The number of hydrogen-bond donors (Lipinski definition) is 0. The molecule has 0 saturated carbocycles. The van der Waals surface area contributed by atoms with Crippen LogP contribution >= 0.6 is 0 Å². The second-order valence-corrected chi connectivity index (χ2v) is 4.71. The molecule has 7 heteroatoms. The third-order valence-electron chi connectivity index (χ3n) is 2.94. The van der Waals surface area contributed by atoms with Crippen LogP contribution in [0.1, 0.15) is 41.5 Å². The van der Waals surface area contributed by atoms with E-state index in [0.717, 1.165) is 11.3 Å². The molecule has 0 aliphatic rings. The van der Waals surface area contributed by atoms with Gasteiger partial charge in [0.25, 0.3) is 5.69 Å². The second-order valence-electron chi connectivity index (χ2n) is 4.71. The summed E-state index contributed by atoms with van der Waals surface area (Å²) in [5.41, 5.74) is 2.00. The average Bonchev–Trinajstić information content (AvgIpc) is 2.82. The number of aromatic nitrogens is 3. The zero-order chi connectivity index (χ0) is 14.7. The molecule has 20 heavy (non-hydrogen) atoms. The average molecular weight is 274 g/mol. The van der Waals surface area contributed by atoms with Crippen LogP contribution < -0.4 is 0 Å². The first-order valence-electron chi connectivity index (χ1n) is 6.14. The standard InChI is InChI=1S/C13H14N4O3/c1-9(2)13-12(8-18)14-15-16(13)7-10-3-5-11(6-4-10)17(19)20/h3-6,8-9H,7H2,1-2H3. The normalized spacial score (nSPS) is 10.8. The van der Waals surface area contributed by atoms with Gasteiger partial charge in [-0.05, 0) is 11.5 Å². The van der Waals surface area contributed by atoms with E-state index >= 15 is 0 Å². The van der Waals surface area contributed by atoms with Gasteiger partial charge in [0.1, 0.15) is 5.69 Å². The Morgan fingerprint density at radius 2 is 2.00 bits per heavy atom. The molecule has 0 bridgehead atoms. The van der Waals surface area contributed by atoms with Crippen LogP contribution in [0.3, 0.4) is 0 Å². The summed E-state index contributed by atoms with van der Waals surface area (Å²) in [4.78, 5) is 21.1. The molecule has 7 nitrogen and oxygen atoms in total. The van der Waals surface area contributed by atoms with Crippen LogP contribution in [0.4, 0.5) is 5.69 Å². The molecule has 0 saturated heterocycles. The highest BCUT2D eigenvalue weighted by molar-refractivity contribution is 5.73. The largest absolute Gasteiger partial charge is 0.296 e. The SMILES string of the molecule is CC(C)c1c(C=O)nnn1Cc1ccc([N+](=O)[O-])cc1. The predicted octanol–water partition coefficient (Wildman–Crippen LogP) is 2.17. The van der Waals surface area contributed by atoms with E-state index < -0.39 is 4.92 Å². The highest BCUT2D eigenvalue weighted by Crippen LogP contribution is 2.18. The molecule has 2 aromatic rings. The van der Waals surface area contributed by atoms with Gasteiger partial charge in [-0.25, -0.2) is 4.68 Å². The van der Waals surface area contributed by atoms with Crippen LogP contribution in [0.15, 0.2) is 24.3 Å². The maximum Gasteiger partial charge on any atom is 0.269 e. The van der Waals surface area contributed by atoms with E-state index in [0.29, 0.717) is 18.5 Å². The summed E-state index contributed by atoms with van der Waals surface area (Å²) < 4.78 is 1.65.